The van der Waals surface area contributed by atoms with Gasteiger partial charge in [-0.3, -0.25) is 9.97 Å². The quantitative estimate of drug-likeness (QED) is 0.256. The SMILES string of the molecule is Nc1cccnc1.Nc1cccnc1.O=C(O)c1ccccc1O.O=C(O)c1ccccc1O. The predicted molar refractivity (Wildman–Crippen MR) is 127 cm³/mol. The Balaban J connectivity index is 0.000000230. The molecule has 10 nitrogen and oxygen atoms in total. The largest absolute Gasteiger partial charge is 0.507 e. The lowest BCUT2D eigenvalue weighted by atomic mass is 10.2. The maximum absolute atomic E-state index is 10.3. The first-order valence-electron chi connectivity index (χ1n) is 9.56. The van der Waals surface area contributed by atoms with Crippen molar-refractivity contribution in [1.82, 2.24) is 9.97 Å². The van der Waals surface area contributed by atoms with Crippen molar-refractivity contribution < 1.29 is 30.0 Å². The van der Waals surface area contributed by atoms with Crippen molar-refractivity contribution in [2.75, 3.05) is 11.5 Å². The normalized spacial score (nSPS) is 8.94. The minimum atomic E-state index is -1.11. The van der Waals surface area contributed by atoms with Gasteiger partial charge >= 0.3 is 11.9 Å². The molecule has 2 aromatic carbocycles. The van der Waals surface area contributed by atoms with Crippen molar-refractivity contribution in [3.05, 3.63) is 109 Å². The van der Waals surface area contributed by atoms with E-state index in [1.807, 2.05) is 0 Å². The number of para-hydroxylation sites is 2. The first-order valence-corrected chi connectivity index (χ1v) is 9.56. The number of aromatic nitrogens is 2. The highest BCUT2D eigenvalue weighted by Crippen LogP contribution is 2.15. The average molecular weight is 464 g/mol. The number of carboxylic acids is 2. The average Bonchev–Trinajstić information content (AvgIpc) is 2.82. The number of carbonyl (C=O) groups is 2. The molecule has 34 heavy (non-hydrogen) atoms. The molecule has 0 aliphatic carbocycles. The van der Waals surface area contributed by atoms with Gasteiger partial charge < -0.3 is 31.9 Å². The van der Waals surface area contributed by atoms with Crippen LogP contribution < -0.4 is 11.5 Å². The molecule has 4 rings (SSSR count). The summed E-state index contributed by atoms with van der Waals surface area (Å²) in [5, 5.41) is 34.6. The molecule has 0 unspecified atom stereocenters. The van der Waals surface area contributed by atoms with Gasteiger partial charge in [-0.25, -0.2) is 9.59 Å². The van der Waals surface area contributed by atoms with E-state index in [0.29, 0.717) is 11.4 Å². The van der Waals surface area contributed by atoms with Crippen LogP contribution in [0.25, 0.3) is 0 Å². The molecule has 0 aliphatic heterocycles. The van der Waals surface area contributed by atoms with Crippen LogP contribution in [0.2, 0.25) is 0 Å². The van der Waals surface area contributed by atoms with Gasteiger partial charge in [-0.05, 0) is 48.5 Å². The van der Waals surface area contributed by atoms with Gasteiger partial charge in [0.1, 0.15) is 22.6 Å². The molecular formula is C24H24N4O6. The molecule has 0 radical (unpaired) electrons. The van der Waals surface area contributed by atoms with Gasteiger partial charge in [0.25, 0.3) is 0 Å². The Bertz CT molecular complexity index is 1070. The second-order valence-electron chi connectivity index (χ2n) is 6.22. The first-order chi connectivity index (χ1) is 16.2. The number of anilines is 2. The van der Waals surface area contributed by atoms with E-state index in [4.69, 9.17) is 31.9 Å². The van der Waals surface area contributed by atoms with Gasteiger partial charge in [0.05, 0.1) is 11.4 Å². The maximum atomic E-state index is 10.3. The van der Waals surface area contributed by atoms with Crippen LogP contribution in [0.15, 0.2) is 97.6 Å². The van der Waals surface area contributed by atoms with Gasteiger partial charge in [-0.1, -0.05) is 24.3 Å². The van der Waals surface area contributed by atoms with Gasteiger partial charge in [0.2, 0.25) is 0 Å². The molecule has 10 heteroatoms. The number of nitrogens with zero attached hydrogens (tertiary/aromatic N) is 2. The minimum absolute atomic E-state index is 0.0671. The fraction of sp³-hybridized carbons (Fsp3) is 0. The van der Waals surface area contributed by atoms with Gasteiger partial charge in [0.15, 0.2) is 0 Å². The molecular weight excluding hydrogens is 440 g/mol. The Morgan fingerprint density at radius 2 is 0.941 bits per heavy atom. The van der Waals surface area contributed by atoms with Crippen LogP contribution in [0.5, 0.6) is 11.5 Å². The molecule has 2 heterocycles. The molecule has 0 atom stereocenters. The summed E-state index contributed by atoms with van der Waals surface area (Å²) in [4.78, 5) is 28.0. The van der Waals surface area contributed by atoms with E-state index < -0.39 is 11.9 Å². The fourth-order valence-corrected chi connectivity index (χ4v) is 2.06. The first kappa shape index (κ1) is 26.9. The minimum Gasteiger partial charge on any atom is -0.507 e. The number of hydrogen-bond acceptors (Lipinski definition) is 8. The van der Waals surface area contributed by atoms with Crippen molar-refractivity contribution in [3.63, 3.8) is 0 Å². The Morgan fingerprint density at radius 3 is 1.12 bits per heavy atom. The van der Waals surface area contributed by atoms with E-state index >= 15 is 0 Å². The highest BCUT2D eigenvalue weighted by molar-refractivity contribution is 5.91. The van der Waals surface area contributed by atoms with E-state index in [2.05, 4.69) is 9.97 Å². The summed E-state index contributed by atoms with van der Waals surface area (Å²) in [6.07, 6.45) is 6.60. The summed E-state index contributed by atoms with van der Waals surface area (Å²) in [7, 11) is 0. The lowest BCUT2D eigenvalue weighted by Crippen LogP contribution is -1.95. The van der Waals surface area contributed by atoms with E-state index in [1.54, 1.807) is 73.3 Å². The summed E-state index contributed by atoms with van der Waals surface area (Å²) < 4.78 is 0. The van der Waals surface area contributed by atoms with E-state index in [9.17, 15) is 9.59 Å². The summed E-state index contributed by atoms with van der Waals surface area (Å²) in [5.74, 6) is -2.62. The molecule has 2 aromatic heterocycles. The molecule has 0 amide bonds. The molecule has 0 bridgehead atoms. The van der Waals surface area contributed by atoms with Gasteiger partial charge in [0, 0.05) is 24.8 Å². The number of benzene rings is 2. The monoisotopic (exact) mass is 464 g/mol. The molecule has 4 aromatic rings. The number of phenols is 2. The number of aromatic carboxylic acids is 2. The van der Waals surface area contributed by atoms with Crippen molar-refractivity contribution in [2.45, 2.75) is 0 Å². The zero-order chi connectivity index (χ0) is 25.3. The van der Waals surface area contributed by atoms with Gasteiger partial charge in [-0.15, -0.1) is 0 Å². The van der Waals surface area contributed by atoms with Gasteiger partial charge in [-0.2, -0.15) is 0 Å². The number of aromatic hydroxyl groups is 2. The van der Waals surface area contributed by atoms with Crippen LogP contribution in [0, 0.1) is 0 Å². The summed E-state index contributed by atoms with van der Waals surface area (Å²) in [6, 6.07) is 18.8. The van der Waals surface area contributed by atoms with E-state index in [1.165, 1.54) is 24.3 Å². The van der Waals surface area contributed by atoms with Crippen LogP contribution >= 0.6 is 0 Å². The second-order valence-corrected chi connectivity index (χ2v) is 6.22. The van der Waals surface area contributed by atoms with Crippen molar-refractivity contribution in [1.29, 1.82) is 0 Å². The third-order valence-electron chi connectivity index (χ3n) is 3.64. The second kappa shape index (κ2) is 14.8. The number of rotatable bonds is 2. The third-order valence-corrected chi connectivity index (χ3v) is 3.64. The highest BCUT2D eigenvalue weighted by atomic mass is 16.4. The zero-order valence-electron chi connectivity index (χ0n) is 17.9. The van der Waals surface area contributed by atoms with Crippen LogP contribution in [-0.2, 0) is 0 Å². The van der Waals surface area contributed by atoms with Crippen molar-refractivity contribution >= 4 is 23.3 Å². The standard InChI is InChI=1S/2C7H6O3.2C5H6N2/c2*8-6-4-2-1-3-5(6)7(9)10;2*6-5-2-1-3-7-4-5/h2*1-4,8H,(H,9,10);2*1-4H,6H2. The Morgan fingerprint density at radius 1 is 0.588 bits per heavy atom. The molecule has 0 aliphatic rings. The molecule has 0 saturated heterocycles. The molecule has 0 fully saturated rings. The number of nitrogen functional groups attached to an aromatic ring is 2. The van der Waals surface area contributed by atoms with Crippen LogP contribution in [0.4, 0.5) is 11.4 Å². The molecule has 0 spiro atoms. The highest BCUT2D eigenvalue weighted by Gasteiger charge is 2.06. The number of pyridine rings is 2. The van der Waals surface area contributed by atoms with Crippen LogP contribution in [0.1, 0.15) is 20.7 Å². The third kappa shape index (κ3) is 10.8. The lowest BCUT2D eigenvalue weighted by Gasteiger charge is -1.95. The van der Waals surface area contributed by atoms with Crippen molar-refractivity contribution in [3.8, 4) is 11.5 Å². The maximum Gasteiger partial charge on any atom is 0.339 e. The van der Waals surface area contributed by atoms with E-state index in [0.717, 1.165) is 0 Å². The Hall–Kier alpha value is -5.12. The summed E-state index contributed by atoms with van der Waals surface area (Å²) in [6.45, 7) is 0. The topological polar surface area (TPSA) is 193 Å². The Kier molecular flexibility index (Phi) is 11.7. The molecule has 0 saturated carbocycles. The summed E-state index contributed by atoms with van der Waals surface area (Å²) in [5.41, 5.74) is 11.9. The smallest absolute Gasteiger partial charge is 0.339 e. The number of carboxylic acid groups (broad SMARTS) is 2. The number of nitrogens with two attached hydrogens (primary N) is 2. The lowest BCUT2D eigenvalue weighted by molar-refractivity contribution is 0.0682. The Labute approximate surface area is 195 Å². The predicted octanol–water partition coefficient (Wildman–Crippen LogP) is 3.51. The van der Waals surface area contributed by atoms with Crippen LogP contribution in [-0.4, -0.2) is 42.3 Å². The van der Waals surface area contributed by atoms with Crippen LogP contribution in [0.3, 0.4) is 0 Å². The molecule has 176 valence electrons. The zero-order valence-corrected chi connectivity index (χ0v) is 17.9. The molecule has 8 N–H and O–H groups in total. The van der Waals surface area contributed by atoms with Crippen molar-refractivity contribution in [2.24, 2.45) is 0 Å². The number of hydrogen-bond donors (Lipinski definition) is 6. The van der Waals surface area contributed by atoms with E-state index in [-0.39, 0.29) is 22.6 Å². The summed E-state index contributed by atoms with van der Waals surface area (Å²) >= 11 is 0. The fourth-order valence-electron chi connectivity index (χ4n) is 2.06.